The van der Waals surface area contributed by atoms with Gasteiger partial charge in [-0.25, -0.2) is 0 Å². The number of rotatable bonds is 12. The van der Waals surface area contributed by atoms with Gasteiger partial charge >= 0.3 is 0 Å². The lowest BCUT2D eigenvalue weighted by atomic mass is 9.64. The van der Waals surface area contributed by atoms with Crippen LogP contribution in [0.15, 0.2) is 49.6 Å². The van der Waals surface area contributed by atoms with Crippen LogP contribution in [0.5, 0.6) is 0 Å². The maximum atomic E-state index is 14.5. The molecular weight excluding hydrogens is 506 g/mol. The molecule has 0 saturated carbocycles. The summed E-state index contributed by atoms with van der Waals surface area (Å²) >= 11 is 6.10. The number of anilines is 1. The van der Waals surface area contributed by atoms with Crippen LogP contribution < -0.4 is 4.90 Å². The fourth-order valence-electron chi connectivity index (χ4n) is 6.75. The van der Waals surface area contributed by atoms with Crippen LogP contribution in [-0.4, -0.2) is 83.2 Å². The van der Waals surface area contributed by atoms with Crippen molar-refractivity contribution >= 4 is 35.0 Å². The molecule has 5 atom stereocenters. The number of benzene rings is 1. The van der Waals surface area contributed by atoms with Gasteiger partial charge in [-0.3, -0.25) is 14.4 Å². The molecule has 38 heavy (non-hydrogen) atoms. The van der Waals surface area contributed by atoms with Crippen molar-refractivity contribution in [1.29, 1.82) is 0 Å². The van der Waals surface area contributed by atoms with Crippen molar-refractivity contribution in [3.63, 3.8) is 0 Å². The number of halogens is 1. The minimum Gasteiger partial charge on any atom is -0.396 e. The van der Waals surface area contributed by atoms with Crippen molar-refractivity contribution < 1.29 is 24.2 Å². The number of aliphatic hydroxyl groups is 1. The minimum atomic E-state index is -1.11. The molecule has 2 bridgehead atoms. The number of amides is 3. The molecule has 0 aliphatic carbocycles. The van der Waals surface area contributed by atoms with Crippen LogP contribution in [0, 0.1) is 11.8 Å². The van der Waals surface area contributed by atoms with Crippen molar-refractivity contribution in [3.05, 3.63) is 54.6 Å². The van der Waals surface area contributed by atoms with Crippen molar-refractivity contribution in [2.75, 3.05) is 38.2 Å². The predicted octanol–water partition coefficient (Wildman–Crippen LogP) is 3.43. The van der Waals surface area contributed by atoms with Gasteiger partial charge in [-0.05, 0) is 56.4 Å². The van der Waals surface area contributed by atoms with Gasteiger partial charge in [0.15, 0.2) is 0 Å². The number of carbonyl (C=O) groups is 3. The second-order valence-corrected chi connectivity index (χ2v) is 11.0. The molecule has 3 amide bonds. The van der Waals surface area contributed by atoms with Gasteiger partial charge < -0.3 is 24.5 Å². The second kappa shape index (κ2) is 11.2. The Morgan fingerprint density at radius 2 is 1.84 bits per heavy atom. The zero-order chi connectivity index (χ0) is 27.7. The highest BCUT2D eigenvalue weighted by molar-refractivity contribution is 6.30. The minimum absolute atomic E-state index is 0.00845. The highest BCUT2D eigenvalue weighted by atomic mass is 35.5. The SMILES string of the molecule is C=CCN(C)C(=O)[C@H]1[C@H]2C(=O)N(CCCCO)C(C(=O)N(CC=C)c3ccc(Cl)cc3)C23CC[C@]1(CC)O3. The summed E-state index contributed by atoms with van der Waals surface area (Å²) in [4.78, 5) is 47.2. The largest absolute Gasteiger partial charge is 0.396 e. The normalized spacial score (nSPS) is 29.3. The maximum absolute atomic E-state index is 14.5. The van der Waals surface area contributed by atoms with Crippen LogP contribution in [0.4, 0.5) is 5.69 Å². The van der Waals surface area contributed by atoms with Crippen molar-refractivity contribution in [2.24, 2.45) is 11.8 Å². The van der Waals surface area contributed by atoms with Crippen LogP contribution in [0.2, 0.25) is 5.02 Å². The van der Waals surface area contributed by atoms with E-state index in [-0.39, 0.29) is 30.9 Å². The number of likely N-dealkylation sites (N-methyl/N-ethyl adjacent to an activating group) is 1. The molecule has 9 heteroatoms. The fourth-order valence-corrected chi connectivity index (χ4v) is 6.87. The number of likely N-dealkylation sites (tertiary alicyclic amines) is 1. The average Bonchev–Trinajstić information content (AvgIpc) is 3.51. The molecule has 3 heterocycles. The molecule has 1 spiro atoms. The van der Waals surface area contributed by atoms with Crippen molar-refractivity contribution in [1.82, 2.24) is 9.80 Å². The highest BCUT2D eigenvalue weighted by Gasteiger charge is 2.78. The Kier molecular flexibility index (Phi) is 8.35. The van der Waals surface area contributed by atoms with E-state index in [9.17, 15) is 19.5 Å². The lowest BCUT2D eigenvalue weighted by Crippen LogP contribution is -2.56. The van der Waals surface area contributed by atoms with Gasteiger partial charge in [0.05, 0.1) is 17.4 Å². The third-order valence-corrected chi connectivity index (χ3v) is 8.74. The number of nitrogens with zero attached hydrogens (tertiary/aromatic N) is 3. The molecule has 3 aliphatic heterocycles. The number of hydrogen-bond acceptors (Lipinski definition) is 5. The predicted molar refractivity (Wildman–Crippen MR) is 147 cm³/mol. The summed E-state index contributed by atoms with van der Waals surface area (Å²) in [5.74, 6) is -2.09. The molecule has 2 unspecified atom stereocenters. The van der Waals surface area contributed by atoms with Crippen molar-refractivity contribution in [2.45, 2.75) is 56.3 Å². The summed E-state index contributed by atoms with van der Waals surface area (Å²) in [6.45, 7) is 10.4. The Hall–Kier alpha value is -2.68. The molecule has 1 N–H and O–H groups in total. The van der Waals surface area contributed by atoms with Gasteiger partial charge in [-0.1, -0.05) is 30.7 Å². The zero-order valence-electron chi connectivity index (χ0n) is 22.3. The number of ether oxygens (including phenoxy) is 1. The van der Waals surface area contributed by atoms with Crippen LogP contribution >= 0.6 is 11.6 Å². The summed E-state index contributed by atoms with van der Waals surface area (Å²) in [7, 11) is 1.71. The summed E-state index contributed by atoms with van der Waals surface area (Å²) in [6, 6.07) is 6.07. The average molecular weight is 544 g/mol. The quantitative estimate of drug-likeness (QED) is 0.322. The van der Waals surface area contributed by atoms with E-state index in [0.29, 0.717) is 55.9 Å². The highest BCUT2D eigenvalue weighted by Crippen LogP contribution is 2.64. The van der Waals surface area contributed by atoms with Gasteiger partial charge in [-0.2, -0.15) is 0 Å². The molecule has 8 nitrogen and oxygen atoms in total. The maximum Gasteiger partial charge on any atom is 0.253 e. The molecular formula is C29H38ClN3O5. The first-order valence-electron chi connectivity index (χ1n) is 13.4. The van der Waals surface area contributed by atoms with Gasteiger partial charge in [0.2, 0.25) is 11.8 Å². The smallest absolute Gasteiger partial charge is 0.253 e. The summed E-state index contributed by atoms with van der Waals surface area (Å²) < 4.78 is 6.83. The van der Waals surface area contributed by atoms with Gasteiger partial charge in [0.1, 0.15) is 11.6 Å². The Morgan fingerprint density at radius 3 is 2.45 bits per heavy atom. The summed E-state index contributed by atoms with van der Waals surface area (Å²) in [6.07, 6.45) is 6.01. The molecule has 206 valence electrons. The number of unbranched alkanes of at least 4 members (excludes halogenated alkanes) is 1. The van der Waals surface area contributed by atoms with Crippen LogP contribution in [0.3, 0.4) is 0 Å². The third kappa shape index (κ3) is 4.46. The second-order valence-electron chi connectivity index (χ2n) is 10.5. The van der Waals surface area contributed by atoms with Gasteiger partial charge in [-0.15, -0.1) is 13.2 Å². The number of hydrogen-bond donors (Lipinski definition) is 1. The fraction of sp³-hybridized carbons (Fsp3) is 0.552. The Balaban J connectivity index is 1.80. The van der Waals surface area contributed by atoms with Gasteiger partial charge in [0.25, 0.3) is 5.91 Å². The Bertz CT molecular complexity index is 1090. The zero-order valence-corrected chi connectivity index (χ0v) is 23.0. The first-order chi connectivity index (χ1) is 18.2. The summed E-state index contributed by atoms with van der Waals surface area (Å²) in [5, 5.41) is 9.93. The van der Waals surface area contributed by atoms with E-state index in [4.69, 9.17) is 16.3 Å². The molecule has 3 fully saturated rings. The lowest BCUT2D eigenvalue weighted by Gasteiger charge is -2.37. The Labute approximate surface area is 229 Å². The van der Waals surface area contributed by atoms with E-state index in [1.54, 1.807) is 58.2 Å². The molecule has 1 aromatic carbocycles. The van der Waals surface area contributed by atoms with Crippen LogP contribution in [0.1, 0.15) is 39.0 Å². The van der Waals surface area contributed by atoms with E-state index in [1.165, 1.54) is 0 Å². The van der Waals surface area contributed by atoms with E-state index >= 15 is 0 Å². The Morgan fingerprint density at radius 1 is 1.16 bits per heavy atom. The first kappa shape index (κ1) is 28.3. The lowest BCUT2D eigenvalue weighted by molar-refractivity contribution is -0.150. The molecule has 1 aromatic rings. The van der Waals surface area contributed by atoms with E-state index in [0.717, 1.165) is 0 Å². The molecule has 3 saturated heterocycles. The van der Waals surface area contributed by atoms with E-state index < -0.39 is 29.1 Å². The topological polar surface area (TPSA) is 90.4 Å². The number of aliphatic hydroxyl groups excluding tert-OH is 1. The third-order valence-electron chi connectivity index (χ3n) is 8.48. The van der Waals surface area contributed by atoms with E-state index in [1.807, 2.05) is 6.92 Å². The molecule has 0 aromatic heterocycles. The molecule has 4 rings (SSSR count). The number of fused-ring (bicyclic) bond motifs is 1. The molecule has 3 aliphatic rings. The number of carbonyl (C=O) groups excluding carboxylic acids is 3. The monoisotopic (exact) mass is 543 g/mol. The van der Waals surface area contributed by atoms with Crippen LogP contribution in [-0.2, 0) is 19.1 Å². The standard InChI is InChI=1S/C29H38ClN3O5/c1-5-16-31(4)25(35)22-23-26(36)33(18-8-9-19-34)24(29(23)15-14-28(22,7-3)38-29)27(37)32(17-6-2)21-12-10-20(30)11-13-21/h5-6,10-13,22-24,34H,1-2,7-9,14-19H2,3-4H3/t22-,23+,24?,28+,29?/m1/s1. The van der Waals surface area contributed by atoms with Crippen LogP contribution in [0.25, 0.3) is 0 Å². The van der Waals surface area contributed by atoms with E-state index in [2.05, 4.69) is 13.2 Å². The van der Waals surface area contributed by atoms with Gasteiger partial charge in [0, 0.05) is 44.0 Å². The first-order valence-corrected chi connectivity index (χ1v) is 13.7. The summed E-state index contributed by atoms with van der Waals surface area (Å²) in [5.41, 5.74) is -1.27. The van der Waals surface area contributed by atoms with Crippen molar-refractivity contribution in [3.8, 4) is 0 Å². The molecule has 0 radical (unpaired) electrons.